The van der Waals surface area contributed by atoms with E-state index in [0.717, 1.165) is 25.9 Å². The second-order valence-electron chi connectivity index (χ2n) is 5.75. The highest BCUT2D eigenvalue weighted by atomic mass is 32.1. The third-order valence-corrected chi connectivity index (χ3v) is 5.41. The third kappa shape index (κ3) is 3.48. The summed E-state index contributed by atoms with van der Waals surface area (Å²) in [6, 6.07) is 9.64. The van der Waals surface area contributed by atoms with Crippen LogP contribution >= 0.6 is 11.3 Å². The van der Waals surface area contributed by atoms with Crippen molar-refractivity contribution in [2.45, 2.75) is 18.8 Å². The quantitative estimate of drug-likeness (QED) is 0.904. The zero-order valence-corrected chi connectivity index (χ0v) is 14.8. The van der Waals surface area contributed by atoms with E-state index in [1.807, 2.05) is 17.0 Å². The highest BCUT2D eigenvalue weighted by Crippen LogP contribution is 2.35. The molecule has 2 amide bonds. The number of carbonyl (C=O) groups excluding carboxylic acids is 1. The number of nitrogens with zero attached hydrogens (tertiary/aromatic N) is 1. The number of ether oxygens (including phenoxy) is 2. The van der Waals surface area contributed by atoms with Crippen LogP contribution in [-0.2, 0) is 0 Å². The molecule has 1 aromatic carbocycles. The number of hydrogen-bond acceptors (Lipinski definition) is 4. The van der Waals surface area contributed by atoms with Crippen LogP contribution in [0.25, 0.3) is 0 Å². The maximum Gasteiger partial charge on any atom is 0.321 e. The Bertz CT molecular complexity index is 680. The number of nitrogens with one attached hydrogen (secondary N) is 1. The molecular weight excluding hydrogens is 324 g/mol. The molecule has 5 nitrogen and oxygen atoms in total. The van der Waals surface area contributed by atoms with Crippen LogP contribution in [0.2, 0.25) is 0 Å². The van der Waals surface area contributed by atoms with Crippen LogP contribution in [0.5, 0.6) is 11.5 Å². The van der Waals surface area contributed by atoms with Crippen LogP contribution in [0.1, 0.15) is 23.6 Å². The van der Waals surface area contributed by atoms with Crippen LogP contribution in [0, 0.1) is 0 Å². The van der Waals surface area contributed by atoms with Crippen molar-refractivity contribution in [3.8, 4) is 11.5 Å². The van der Waals surface area contributed by atoms with Crippen molar-refractivity contribution in [3.05, 3.63) is 40.6 Å². The van der Waals surface area contributed by atoms with E-state index >= 15 is 0 Å². The normalized spacial score (nSPS) is 15.2. The van der Waals surface area contributed by atoms with Crippen LogP contribution in [0.4, 0.5) is 10.5 Å². The van der Waals surface area contributed by atoms with E-state index in [2.05, 4.69) is 22.8 Å². The molecule has 6 heteroatoms. The Kier molecular flexibility index (Phi) is 5.25. The maximum atomic E-state index is 12.5. The van der Waals surface area contributed by atoms with Crippen LogP contribution in [0.3, 0.4) is 0 Å². The fraction of sp³-hybridized carbons (Fsp3) is 0.389. The summed E-state index contributed by atoms with van der Waals surface area (Å²) in [4.78, 5) is 15.8. The van der Waals surface area contributed by atoms with Gasteiger partial charge in [0.2, 0.25) is 0 Å². The van der Waals surface area contributed by atoms with Crippen molar-refractivity contribution in [2.24, 2.45) is 0 Å². The number of urea groups is 1. The summed E-state index contributed by atoms with van der Waals surface area (Å²) in [5, 5.41) is 5.05. The third-order valence-electron chi connectivity index (χ3n) is 4.37. The first kappa shape index (κ1) is 16.6. The average Bonchev–Trinajstić information content (AvgIpc) is 3.16. The number of piperidine rings is 1. The van der Waals surface area contributed by atoms with Gasteiger partial charge < -0.3 is 19.7 Å². The van der Waals surface area contributed by atoms with Crippen molar-refractivity contribution in [3.63, 3.8) is 0 Å². The molecule has 1 aliphatic heterocycles. The van der Waals surface area contributed by atoms with Gasteiger partial charge >= 0.3 is 6.03 Å². The van der Waals surface area contributed by atoms with Crippen molar-refractivity contribution < 1.29 is 14.3 Å². The zero-order chi connectivity index (χ0) is 16.9. The number of anilines is 1. The molecule has 1 N–H and O–H groups in total. The first-order chi connectivity index (χ1) is 11.7. The minimum atomic E-state index is -0.0915. The van der Waals surface area contributed by atoms with Gasteiger partial charge in [-0.05, 0) is 42.3 Å². The van der Waals surface area contributed by atoms with Crippen LogP contribution in [0.15, 0.2) is 35.7 Å². The number of hydrogen-bond donors (Lipinski definition) is 1. The standard InChI is InChI=1S/C18H22N2O3S/c1-22-15-6-3-5-14(17(15)23-2)19-18(21)20-10-8-13(9-11-20)16-7-4-12-24-16/h3-7,12-13H,8-11H2,1-2H3,(H,19,21). The molecular formula is C18H22N2O3S. The Labute approximate surface area is 146 Å². The predicted molar refractivity (Wildman–Crippen MR) is 96.4 cm³/mol. The largest absolute Gasteiger partial charge is 0.493 e. The lowest BCUT2D eigenvalue weighted by atomic mass is 9.95. The Morgan fingerprint density at radius 2 is 1.96 bits per heavy atom. The van der Waals surface area contributed by atoms with E-state index in [9.17, 15) is 4.79 Å². The number of amides is 2. The molecule has 1 fully saturated rings. The van der Waals surface area contributed by atoms with Crippen molar-refractivity contribution >= 4 is 23.1 Å². The van der Waals surface area contributed by atoms with Gasteiger partial charge in [0, 0.05) is 18.0 Å². The van der Waals surface area contributed by atoms with Gasteiger partial charge in [-0.15, -0.1) is 11.3 Å². The van der Waals surface area contributed by atoms with Crippen molar-refractivity contribution in [2.75, 3.05) is 32.6 Å². The molecule has 0 radical (unpaired) electrons. The molecule has 2 aromatic rings. The number of rotatable bonds is 4. The van der Waals surface area contributed by atoms with Gasteiger partial charge in [0.25, 0.3) is 0 Å². The van der Waals surface area contributed by atoms with Gasteiger partial charge in [-0.25, -0.2) is 4.79 Å². The number of benzene rings is 1. The molecule has 0 atom stereocenters. The fourth-order valence-electron chi connectivity index (χ4n) is 3.07. The number of para-hydroxylation sites is 1. The van der Waals surface area contributed by atoms with E-state index in [4.69, 9.17) is 9.47 Å². The van der Waals surface area contributed by atoms with Crippen LogP contribution < -0.4 is 14.8 Å². The van der Waals surface area contributed by atoms with E-state index in [0.29, 0.717) is 23.1 Å². The summed E-state index contributed by atoms with van der Waals surface area (Å²) in [5.41, 5.74) is 0.627. The van der Waals surface area contributed by atoms with E-state index in [1.165, 1.54) is 4.88 Å². The molecule has 0 bridgehead atoms. The highest BCUT2D eigenvalue weighted by Gasteiger charge is 2.25. The Hall–Kier alpha value is -2.21. The molecule has 0 aliphatic carbocycles. The average molecular weight is 346 g/mol. The number of methoxy groups -OCH3 is 2. The molecule has 2 heterocycles. The Morgan fingerprint density at radius 3 is 2.58 bits per heavy atom. The Morgan fingerprint density at radius 1 is 1.17 bits per heavy atom. The first-order valence-corrected chi connectivity index (χ1v) is 8.91. The number of carbonyl (C=O) groups is 1. The van der Waals surface area contributed by atoms with Gasteiger partial charge in [-0.1, -0.05) is 12.1 Å². The zero-order valence-electron chi connectivity index (χ0n) is 14.0. The summed E-state index contributed by atoms with van der Waals surface area (Å²) < 4.78 is 10.6. The van der Waals surface area contributed by atoms with Crippen molar-refractivity contribution in [1.82, 2.24) is 4.90 Å². The molecule has 24 heavy (non-hydrogen) atoms. The molecule has 1 saturated heterocycles. The fourth-order valence-corrected chi connectivity index (χ4v) is 3.97. The molecule has 1 aromatic heterocycles. The smallest absolute Gasteiger partial charge is 0.321 e. The highest BCUT2D eigenvalue weighted by molar-refractivity contribution is 7.10. The predicted octanol–water partition coefficient (Wildman–Crippen LogP) is 4.18. The van der Waals surface area contributed by atoms with Gasteiger partial charge in [-0.3, -0.25) is 0 Å². The lowest BCUT2D eigenvalue weighted by Crippen LogP contribution is -2.40. The minimum absolute atomic E-state index is 0.0915. The van der Waals surface area contributed by atoms with Gasteiger partial charge in [0.15, 0.2) is 11.5 Å². The first-order valence-electron chi connectivity index (χ1n) is 8.03. The lowest BCUT2D eigenvalue weighted by molar-refractivity contribution is 0.195. The molecule has 128 valence electrons. The van der Waals surface area contributed by atoms with Crippen molar-refractivity contribution in [1.29, 1.82) is 0 Å². The number of thiophene rings is 1. The number of likely N-dealkylation sites (tertiary alicyclic amines) is 1. The van der Waals surface area contributed by atoms with E-state index in [1.54, 1.807) is 31.6 Å². The molecule has 0 saturated carbocycles. The molecule has 0 unspecified atom stereocenters. The van der Waals surface area contributed by atoms with Gasteiger partial charge in [0.1, 0.15) is 0 Å². The topological polar surface area (TPSA) is 50.8 Å². The second-order valence-corrected chi connectivity index (χ2v) is 6.73. The summed E-state index contributed by atoms with van der Waals surface area (Å²) in [7, 11) is 3.15. The SMILES string of the molecule is COc1cccc(NC(=O)N2CCC(c3cccs3)CC2)c1OC. The lowest BCUT2D eigenvalue weighted by Gasteiger charge is -2.31. The molecule has 3 rings (SSSR count). The van der Waals surface area contributed by atoms with E-state index < -0.39 is 0 Å². The van der Waals surface area contributed by atoms with Gasteiger partial charge in [0.05, 0.1) is 19.9 Å². The molecule has 0 spiro atoms. The molecule has 1 aliphatic rings. The van der Waals surface area contributed by atoms with Gasteiger partial charge in [-0.2, -0.15) is 0 Å². The minimum Gasteiger partial charge on any atom is -0.493 e. The van der Waals surface area contributed by atoms with E-state index in [-0.39, 0.29) is 6.03 Å². The summed E-state index contributed by atoms with van der Waals surface area (Å²) in [6.07, 6.45) is 2.01. The second kappa shape index (κ2) is 7.57. The monoisotopic (exact) mass is 346 g/mol. The maximum absolute atomic E-state index is 12.5. The van der Waals surface area contributed by atoms with Crippen LogP contribution in [-0.4, -0.2) is 38.2 Å². The summed E-state index contributed by atoms with van der Waals surface area (Å²) >= 11 is 1.80. The summed E-state index contributed by atoms with van der Waals surface area (Å²) in [5.74, 6) is 1.72. The summed E-state index contributed by atoms with van der Waals surface area (Å²) in [6.45, 7) is 1.53. The Balaban J connectivity index is 1.62.